The van der Waals surface area contributed by atoms with Gasteiger partial charge in [0.25, 0.3) is 0 Å². The number of ether oxygens (including phenoxy) is 1. The third-order valence-electron chi connectivity index (χ3n) is 3.51. The lowest BCUT2D eigenvalue weighted by molar-refractivity contribution is -0.322. The van der Waals surface area contributed by atoms with Crippen LogP contribution in [0.2, 0.25) is 0 Å². The summed E-state index contributed by atoms with van der Waals surface area (Å²) in [5.41, 5.74) is -2.49. The Bertz CT molecular complexity index is 578. The minimum absolute atomic E-state index is 0.0671. The highest BCUT2D eigenvalue weighted by atomic mass is 16.5. The molecule has 0 aliphatic carbocycles. The molecule has 0 saturated heterocycles. The summed E-state index contributed by atoms with van der Waals surface area (Å²) in [5, 5.41) is 22.6. The van der Waals surface area contributed by atoms with E-state index in [1.165, 1.54) is 19.2 Å². The van der Waals surface area contributed by atoms with Crippen molar-refractivity contribution >= 4 is 17.7 Å². The molecule has 0 bridgehead atoms. The van der Waals surface area contributed by atoms with E-state index in [9.17, 15) is 24.6 Å². The number of Topliss-reactive ketones (excluding diaryl/α,β-unsaturated/α-hetero) is 1. The van der Waals surface area contributed by atoms with Gasteiger partial charge in [0, 0.05) is 31.1 Å². The van der Waals surface area contributed by atoms with Gasteiger partial charge in [-0.25, -0.2) is 0 Å². The van der Waals surface area contributed by atoms with Crippen molar-refractivity contribution in [3.8, 4) is 0 Å². The highest BCUT2D eigenvalue weighted by Gasteiger charge is 2.38. The van der Waals surface area contributed by atoms with Gasteiger partial charge >= 0.3 is 0 Å². The second kappa shape index (κ2) is 7.51. The quantitative estimate of drug-likeness (QED) is 0.443. The monoisotopic (exact) mass is 304 g/mol. The fraction of sp³-hybridized carbons (Fsp3) is 0.312. The Labute approximate surface area is 128 Å². The third-order valence-corrected chi connectivity index (χ3v) is 3.51. The number of methoxy groups -OCH3 is 1. The standard InChI is InChI=1S/C16H18O6/c1-11(14(18)19)16(15(20)21,8-9-22-2)10-13(17)12-6-4-3-5-7-12/h3-7H,1,8-10H2,2H3,(H,18,19)(H,20,21)/p-2. The van der Waals surface area contributed by atoms with Crippen LogP contribution in [-0.2, 0) is 14.3 Å². The molecule has 118 valence electrons. The third kappa shape index (κ3) is 3.79. The maximum absolute atomic E-state index is 12.3. The number of carboxylic acid groups (broad SMARTS) is 2. The fourth-order valence-electron chi connectivity index (χ4n) is 2.12. The molecular weight excluding hydrogens is 288 g/mol. The molecule has 6 heteroatoms. The smallest absolute Gasteiger partial charge is 0.164 e. The Kier molecular flexibility index (Phi) is 6.00. The van der Waals surface area contributed by atoms with Gasteiger partial charge in [-0.05, 0) is 12.0 Å². The van der Waals surface area contributed by atoms with Gasteiger partial charge in [-0.15, -0.1) is 0 Å². The lowest BCUT2D eigenvalue weighted by atomic mass is 9.73. The lowest BCUT2D eigenvalue weighted by Crippen LogP contribution is -2.49. The van der Waals surface area contributed by atoms with Crippen molar-refractivity contribution in [1.29, 1.82) is 0 Å². The summed E-state index contributed by atoms with van der Waals surface area (Å²) in [6.45, 7) is 3.19. The summed E-state index contributed by atoms with van der Waals surface area (Å²) >= 11 is 0. The SMILES string of the molecule is C=C(C(=O)[O-])C(CCOC)(CC(=O)c1ccccc1)C(=O)[O-]. The summed E-state index contributed by atoms with van der Waals surface area (Å²) in [5.74, 6) is -3.95. The van der Waals surface area contributed by atoms with Crippen molar-refractivity contribution in [2.24, 2.45) is 5.41 Å². The minimum Gasteiger partial charge on any atom is -0.549 e. The zero-order valence-electron chi connectivity index (χ0n) is 12.2. The van der Waals surface area contributed by atoms with Crippen LogP contribution in [0.5, 0.6) is 0 Å². The molecule has 1 rings (SSSR count). The van der Waals surface area contributed by atoms with Crippen LogP contribution in [0.3, 0.4) is 0 Å². The Hall–Kier alpha value is -2.47. The van der Waals surface area contributed by atoms with Gasteiger partial charge in [0.1, 0.15) is 0 Å². The van der Waals surface area contributed by atoms with Crippen LogP contribution < -0.4 is 10.2 Å². The molecule has 0 aromatic heterocycles. The average molecular weight is 304 g/mol. The molecule has 0 N–H and O–H groups in total. The predicted octanol–water partition coefficient (Wildman–Crippen LogP) is -0.662. The van der Waals surface area contributed by atoms with E-state index < -0.39 is 35.1 Å². The van der Waals surface area contributed by atoms with Gasteiger partial charge < -0.3 is 24.5 Å². The molecule has 0 spiro atoms. The second-order valence-corrected chi connectivity index (χ2v) is 4.84. The molecule has 1 unspecified atom stereocenters. The molecule has 0 amide bonds. The van der Waals surface area contributed by atoms with Crippen molar-refractivity contribution in [2.45, 2.75) is 12.8 Å². The summed E-state index contributed by atoms with van der Waals surface area (Å²) in [6, 6.07) is 7.97. The predicted molar refractivity (Wildman–Crippen MR) is 73.5 cm³/mol. The number of benzene rings is 1. The van der Waals surface area contributed by atoms with Crippen LogP contribution in [0.4, 0.5) is 0 Å². The van der Waals surface area contributed by atoms with Crippen molar-refractivity contribution in [2.75, 3.05) is 13.7 Å². The van der Waals surface area contributed by atoms with E-state index in [-0.39, 0.29) is 18.6 Å². The normalized spacial score (nSPS) is 13.1. The summed E-state index contributed by atoms with van der Waals surface area (Å²) in [4.78, 5) is 34.9. The van der Waals surface area contributed by atoms with Crippen LogP contribution in [-0.4, -0.2) is 31.4 Å². The summed E-state index contributed by atoms with van der Waals surface area (Å²) < 4.78 is 4.81. The Morgan fingerprint density at radius 3 is 2.23 bits per heavy atom. The van der Waals surface area contributed by atoms with Crippen molar-refractivity contribution in [3.05, 3.63) is 48.0 Å². The molecule has 0 fully saturated rings. The van der Waals surface area contributed by atoms with Crippen molar-refractivity contribution < 1.29 is 29.3 Å². The van der Waals surface area contributed by atoms with Gasteiger partial charge in [0.05, 0.1) is 11.9 Å². The van der Waals surface area contributed by atoms with Crippen molar-refractivity contribution in [1.82, 2.24) is 0 Å². The van der Waals surface area contributed by atoms with Gasteiger partial charge in [0.15, 0.2) is 5.78 Å². The minimum atomic E-state index is -2.07. The molecule has 0 aliphatic heterocycles. The zero-order valence-corrected chi connectivity index (χ0v) is 12.2. The molecule has 0 aliphatic rings. The summed E-state index contributed by atoms with van der Waals surface area (Å²) in [7, 11) is 1.33. The maximum atomic E-state index is 12.3. The van der Waals surface area contributed by atoms with E-state index in [1.807, 2.05) is 0 Å². The first-order valence-corrected chi connectivity index (χ1v) is 6.54. The fourth-order valence-corrected chi connectivity index (χ4v) is 2.12. The van der Waals surface area contributed by atoms with E-state index in [1.54, 1.807) is 18.2 Å². The van der Waals surface area contributed by atoms with Gasteiger partial charge in [-0.2, -0.15) is 0 Å². The number of carboxylic acids is 2. The number of carbonyl (C=O) groups is 3. The van der Waals surface area contributed by atoms with Crippen LogP contribution >= 0.6 is 0 Å². The number of ketones is 1. The van der Waals surface area contributed by atoms with E-state index in [0.717, 1.165) is 0 Å². The van der Waals surface area contributed by atoms with Crippen LogP contribution in [0.25, 0.3) is 0 Å². The van der Waals surface area contributed by atoms with Gasteiger partial charge in [-0.3, -0.25) is 4.79 Å². The van der Waals surface area contributed by atoms with Gasteiger partial charge in [0.2, 0.25) is 0 Å². The first kappa shape index (κ1) is 17.6. The molecular formula is C16H16O6-2. The highest BCUT2D eigenvalue weighted by Crippen LogP contribution is 2.35. The first-order chi connectivity index (χ1) is 10.3. The largest absolute Gasteiger partial charge is 0.549 e. The molecule has 22 heavy (non-hydrogen) atoms. The average Bonchev–Trinajstić information content (AvgIpc) is 2.51. The topological polar surface area (TPSA) is 107 Å². The molecule has 1 atom stereocenters. The Balaban J connectivity index is 3.18. The number of hydrogen-bond acceptors (Lipinski definition) is 6. The molecule has 6 nitrogen and oxygen atoms in total. The summed E-state index contributed by atoms with van der Waals surface area (Å²) in [6.07, 6.45) is -0.841. The van der Waals surface area contributed by atoms with Gasteiger partial charge in [-0.1, -0.05) is 36.9 Å². The first-order valence-electron chi connectivity index (χ1n) is 6.54. The molecule has 1 aromatic rings. The lowest BCUT2D eigenvalue weighted by Gasteiger charge is -2.36. The number of hydrogen-bond donors (Lipinski definition) is 0. The molecule has 0 radical (unpaired) electrons. The van der Waals surface area contributed by atoms with E-state index in [2.05, 4.69) is 6.58 Å². The number of aliphatic carboxylic acids is 2. The zero-order chi connectivity index (χ0) is 16.8. The van der Waals surface area contributed by atoms with E-state index in [0.29, 0.717) is 0 Å². The number of carbonyl (C=O) groups excluding carboxylic acids is 3. The molecule has 1 aromatic carbocycles. The van der Waals surface area contributed by atoms with E-state index in [4.69, 9.17) is 4.74 Å². The maximum Gasteiger partial charge on any atom is 0.164 e. The van der Waals surface area contributed by atoms with Crippen LogP contribution in [0, 0.1) is 5.41 Å². The second-order valence-electron chi connectivity index (χ2n) is 4.84. The Morgan fingerprint density at radius 2 is 1.77 bits per heavy atom. The van der Waals surface area contributed by atoms with Crippen LogP contribution in [0.1, 0.15) is 23.2 Å². The van der Waals surface area contributed by atoms with Crippen molar-refractivity contribution in [3.63, 3.8) is 0 Å². The molecule has 0 saturated carbocycles. The van der Waals surface area contributed by atoms with E-state index >= 15 is 0 Å². The van der Waals surface area contributed by atoms with Crippen LogP contribution in [0.15, 0.2) is 42.5 Å². The Morgan fingerprint density at radius 1 is 1.18 bits per heavy atom. The molecule has 0 heterocycles. The number of rotatable bonds is 9. The highest BCUT2D eigenvalue weighted by molar-refractivity contribution is 6.02.